The zero-order valence-corrected chi connectivity index (χ0v) is 17.7. The second-order valence-electron chi connectivity index (χ2n) is 7.28. The predicted octanol–water partition coefficient (Wildman–Crippen LogP) is 5.19. The molecule has 4 aromatic rings. The quantitative estimate of drug-likeness (QED) is 0.490. The van der Waals surface area contributed by atoms with Gasteiger partial charge >= 0.3 is 0 Å². The fourth-order valence-corrected chi connectivity index (χ4v) is 3.45. The highest BCUT2D eigenvalue weighted by atomic mass is 19.1. The maximum absolute atomic E-state index is 13.1. The van der Waals surface area contributed by atoms with Gasteiger partial charge < -0.3 is 9.84 Å². The fourth-order valence-electron chi connectivity index (χ4n) is 3.45. The molecule has 0 unspecified atom stereocenters. The van der Waals surface area contributed by atoms with E-state index >= 15 is 0 Å². The average molecular weight is 421 g/mol. The molecule has 0 spiro atoms. The number of rotatable bonds is 4. The first-order chi connectivity index (χ1) is 15.1. The smallest absolute Gasteiger partial charge is 0.274 e. The minimum absolute atomic E-state index is 0.00832. The van der Waals surface area contributed by atoms with E-state index in [2.05, 4.69) is 20.4 Å². The van der Waals surface area contributed by atoms with Gasteiger partial charge in [-0.05, 0) is 43.5 Å². The molecule has 1 aliphatic carbocycles. The molecular weight excluding hydrogens is 397 g/mol. The largest absolute Gasteiger partial charge is 0.339 e. The lowest BCUT2D eigenvalue weighted by Crippen LogP contribution is -2.22. The first kappa shape index (κ1) is 20.7. The minimum atomic E-state index is -0.781. The Hall–Kier alpha value is -3.55. The molecule has 5 rings (SSSR count). The summed E-state index contributed by atoms with van der Waals surface area (Å²) in [5.41, 5.74) is 3.42. The average Bonchev–Trinajstić information content (AvgIpc) is 3.42. The molecule has 1 N–H and O–H groups in total. The van der Waals surface area contributed by atoms with Crippen LogP contribution in [0.2, 0.25) is 0 Å². The van der Waals surface area contributed by atoms with E-state index in [4.69, 9.17) is 4.52 Å². The van der Waals surface area contributed by atoms with Crippen LogP contribution in [0.5, 0.6) is 0 Å². The highest BCUT2D eigenvalue weighted by Crippen LogP contribution is 2.38. The van der Waals surface area contributed by atoms with E-state index in [0.29, 0.717) is 41.6 Å². The van der Waals surface area contributed by atoms with Crippen LogP contribution < -0.4 is 5.32 Å². The number of aryl methyl sites for hydroxylation is 1. The van der Waals surface area contributed by atoms with Gasteiger partial charge in [0, 0.05) is 23.4 Å². The van der Waals surface area contributed by atoms with Crippen LogP contribution in [0.4, 0.5) is 10.1 Å². The molecule has 7 nitrogen and oxygen atoms in total. The first-order valence-corrected chi connectivity index (χ1v) is 10.4. The molecule has 3 aromatic heterocycles. The summed E-state index contributed by atoms with van der Waals surface area (Å²) < 4.78 is 20.1. The van der Waals surface area contributed by atoms with E-state index in [1.165, 1.54) is 0 Å². The van der Waals surface area contributed by atoms with Crippen LogP contribution in [0, 0.1) is 6.92 Å². The number of anilines is 1. The minimum Gasteiger partial charge on any atom is -0.339 e. The van der Waals surface area contributed by atoms with Crippen LogP contribution >= 0.6 is 0 Å². The molecule has 0 bridgehead atoms. The zero-order valence-electron chi connectivity index (χ0n) is 17.7. The van der Waals surface area contributed by atoms with Crippen LogP contribution in [0.15, 0.2) is 53.3 Å². The van der Waals surface area contributed by atoms with Crippen molar-refractivity contribution in [3.63, 3.8) is 0 Å². The van der Waals surface area contributed by atoms with E-state index < -0.39 is 6.17 Å². The lowest BCUT2D eigenvalue weighted by Gasteiger charge is -2.25. The Bertz CT molecular complexity index is 1210. The van der Waals surface area contributed by atoms with E-state index in [0.717, 1.165) is 11.1 Å². The number of nitrogens with zero attached hydrogens (tertiary/aromatic N) is 4. The van der Waals surface area contributed by atoms with Crippen LogP contribution in [-0.4, -0.2) is 31.6 Å². The summed E-state index contributed by atoms with van der Waals surface area (Å²) in [6, 6.07) is 11.1. The lowest BCUT2D eigenvalue weighted by molar-refractivity contribution is 0.102. The molecule has 31 heavy (non-hydrogen) atoms. The van der Waals surface area contributed by atoms with Crippen molar-refractivity contribution >= 4 is 17.2 Å². The number of benzene rings is 1. The molecule has 1 saturated carbocycles. The van der Waals surface area contributed by atoms with Gasteiger partial charge in [0.05, 0.1) is 6.20 Å². The maximum Gasteiger partial charge on any atom is 0.274 e. The van der Waals surface area contributed by atoms with E-state index in [1.807, 2.05) is 57.2 Å². The summed E-state index contributed by atoms with van der Waals surface area (Å²) in [5, 5.41) is 6.96. The highest BCUT2D eigenvalue weighted by Gasteiger charge is 2.34. The number of amides is 1. The topological polar surface area (TPSA) is 85.3 Å². The summed E-state index contributed by atoms with van der Waals surface area (Å²) in [4.78, 5) is 21.5. The molecule has 0 aliphatic heterocycles. The monoisotopic (exact) mass is 421 g/mol. The van der Waals surface area contributed by atoms with Crippen LogP contribution in [-0.2, 0) is 0 Å². The Balaban J connectivity index is 0.00000112. The fraction of sp³-hybridized carbons (Fsp3) is 0.304. The van der Waals surface area contributed by atoms with Crippen LogP contribution in [0.3, 0.4) is 0 Å². The van der Waals surface area contributed by atoms with Crippen LogP contribution in [0.25, 0.3) is 17.0 Å². The third-order valence-corrected chi connectivity index (χ3v) is 5.27. The van der Waals surface area contributed by atoms with Crippen molar-refractivity contribution in [1.29, 1.82) is 0 Å². The number of nitrogens with one attached hydrogen (secondary N) is 1. The van der Waals surface area contributed by atoms with Crippen molar-refractivity contribution in [2.45, 2.75) is 45.7 Å². The standard InChI is InChI=1S/C21H18FN5O2.C2H6/c1-12-5-6-13(19-25-21(29-26-19)14-8-15(22)9-14)10-16(12)24-20(28)17-11-23-18-4-2-3-7-27(17)18;1-2/h2-7,10-11,14-15H,8-9H2,1H3,(H,24,28);1-2H3. The van der Waals surface area contributed by atoms with Crippen molar-refractivity contribution in [1.82, 2.24) is 19.5 Å². The zero-order chi connectivity index (χ0) is 22.0. The first-order valence-electron chi connectivity index (χ1n) is 10.4. The van der Waals surface area contributed by atoms with Gasteiger partial charge in [-0.3, -0.25) is 9.20 Å². The maximum atomic E-state index is 13.1. The molecule has 1 fully saturated rings. The Morgan fingerprint density at radius 2 is 2.03 bits per heavy atom. The van der Waals surface area contributed by atoms with Crippen molar-refractivity contribution < 1.29 is 13.7 Å². The summed E-state index contributed by atoms with van der Waals surface area (Å²) in [7, 11) is 0. The number of hydrogen-bond acceptors (Lipinski definition) is 5. The summed E-state index contributed by atoms with van der Waals surface area (Å²) in [6.07, 6.45) is 3.42. The van der Waals surface area contributed by atoms with E-state index in [1.54, 1.807) is 16.8 Å². The molecule has 8 heteroatoms. The molecule has 1 aromatic carbocycles. The molecule has 3 heterocycles. The highest BCUT2D eigenvalue weighted by molar-refractivity contribution is 6.04. The van der Waals surface area contributed by atoms with Gasteiger partial charge in [-0.15, -0.1) is 0 Å². The second-order valence-corrected chi connectivity index (χ2v) is 7.28. The van der Waals surface area contributed by atoms with Crippen molar-refractivity contribution in [3.8, 4) is 11.4 Å². The van der Waals surface area contributed by atoms with Gasteiger partial charge in [-0.1, -0.05) is 37.2 Å². The number of pyridine rings is 1. The van der Waals surface area contributed by atoms with Gasteiger partial charge in [0.1, 0.15) is 17.5 Å². The molecule has 160 valence electrons. The molecule has 0 saturated heterocycles. The third-order valence-electron chi connectivity index (χ3n) is 5.27. The third kappa shape index (κ3) is 4.05. The number of carbonyl (C=O) groups is 1. The van der Waals surface area contributed by atoms with Crippen molar-refractivity contribution in [2.24, 2.45) is 0 Å². The number of imidazole rings is 1. The molecule has 0 atom stereocenters. The summed E-state index contributed by atoms with van der Waals surface area (Å²) >= 11 is 0. The van der Waals surface area contributed by atoms with E-state index in [9.17, 15) is 9.18 Å². The lowest BCUT2D eigenvalue weighted by atomic mass is 9.83. The van der Waals surface area contributed by atoms with Gasteiger partial charge in [0.25, 0.3) is 5.91 Å². The Kier molecular flexibility index (Phi) is 5.79. The summed E-state index contributed by atoms with van der Waals surface area (Å²) in [5.74, 6) is 0.616. The van der Waals surface area contributed by atoms with Crippen LogP contribution in [0.1, 0.15) is 54.5 Å². The predicted molar refractivity (Wildman–Crippen MR) is 116 cm³/mol. The number of alkyl halides is 1. The number of carbonyl (C=O) groups excluding carboxylic acids is 1. The van der Waals surface area contributed by atoms with Crippen molar-refractivity contribution in [2.75, 3.05) is 5.32 Å². The second kappa shape index (κ2) is 8.67. The van der Waals surface area contributed by atoms with Gasteiger partial charge in [-0.2, -0.15) is 4.98 Å². The van der Waals surface area contributed by atoms with Gasteiger partial charge in [0.15, 0.2) is 0 Å². The number of halogens is 1. The Labute approximate surface area is 179 Å². The molecule has 0 radical (unpaired) electrons. The Morgan fingerprint density at radius 1 is 1.23 bits per heavy atom. The molecule has 1 aliphatic rings. The number of fused-ring (bicyclic) bond motifs is 1. The van der Waals surface area contributed by atoms with Crippen molar-refractivity contribution in [3.05, 3.63) is 65.9 Å². The Morgan fingerprint density at radius 3 is 2.81 bits per heavy atom. The van der Waals surface area contributed by atoms with E-state index in [-0.39, 0.29) is 11.8 Å². The number of aromatic nitrogens is 4. The van der Waals surface area contributed by atoms with Gasteiger partial charge in [0.2, 0.25) is 11.7 Å². The SMILES string of the molecule is CC.Cc1ccc(-c2noc(C3CC(F)C3)n2)cc1NC(=O)c1cnc2ccccn12. The van der Waals surface area contributed by atoms with Gasteiger partial charge in [-0.25, -0.2) is 9.37 Å². The number of hydrogen-bond donors (Lipinski definition) is 1. The molecular formula is C23H24FN5O2. The normalized spacial score (nSPS) is 17.5. The molecule has 1 amide bonds. The summed E-state index contributed by atoms with van der Waals surface area (Å²) in [6.45, 7) is 5.91.